The number of amides is 1. The molecular formula is C25H23Cl2FN2O2. The van der Waals surface area contributed by atoms with Crippen molar-refractivity contribution in [3.8, 4) is 5.75 Å². The van der Waals surface area contributed by atoms with Gasteiger partial charge in [-0.05, 0) is 47.5 Å². The highest BCUT2D eigenvalue weighted by Gasteiger charge is 2.39. The van der Waals surface area contributed by atoms with Crippen molar-refractivity contribution in [2.24, 2.45) is 0 Å². The van der Waals surface area contributed by atoms with E-state index in [2.05, 4.69) is 17.0 Å². The molecule has 0 radical (unpaired) electrons. The van der Waals surface area contributed by atoms with Crippen LogP contribution in [0.1, 0.15) is 17.0 Å². The van der Waals surface area contributed by atoms with E-state index in [-0.39, 0.29) is 17.8 Å². The van der Waals surface area contributed by atoms with E-state index < -0.39 is 6.09 Å². The Bertz CT molecular complexity index is 1080. The number of carbonyl (C=O) groups excluding carboxylic acids is 1. The lowest BCUT2D eigenvalue weighted by Gasteiger charge is -2.28. The molecule has 1 aliphatic heterocycles. The standard InChI is InChI=1S/C25H23Cl2FN2O2/c1-29(25(31)32-20-10-8-19(28)9-11-20)24-16-30(14-17-5-3-2-4-6-17)15-21(24)18-7-12-22(26)23(27)13-18/h2-13,21,24H,14-16H2,1H3/t21-,24+/m0/s1. The van der Waals surface area contributed by atoms with Gasteiger partial charge in [0, 0.05) is 32.6 Å². The molecule has 1 amide bonds. The van der Waals surface area contributed by atoms with E-state index in [1.165, 1.54) is 29.8 Å². The molecule has 0 bridgehead atoms. The predicted octanol–water partition coefficient (Wildman–Crippen LogP) is 6.23. The summed E-state index contributed by atoms with van der Waals surface area (Å²) in [5.41, 5.74) is 2.22. The summed E-state index contributed by atoms with van der Waals surface area (Å²) in [6, 6.07) is 21.1. The molecule has 0 spiro atoms. The molecular weight excluding hydrogens is 450 g/mol. The summed E-state index contributed by atoms with van der Waals surface area (Å²) in [6.45, 7) is 2.20. The van der Waals surface area contributed by atoms with Crippen LogP contribution in [0.15, 0.2) is 72.8 Å². The quantitative estimate of drug-likeness (QED) is 0.441. The summed E-state index contributed by atoms with van der Waals surface area (Å²) < 4.78 is 18.7. The number of likely N-dealkylation sites (N-methyl/N-ethyl adjacent to an activating group) is 1. The van der Waals surface area contributed by atoms with E-state index >= 15 is 0 Å². The van der Waals surface area contributed by atoms with Crippen LogP contribution >= 0.6 is 23.2 Å². The van der Waals surface area contributed by atoms with Gasteiger partial charge in [0.05, 0.1) is 16.1 Å². The summed E-state index contributed by atoms with van der Waals surface area (Å²) >= 11 is 12.4. The second-order valence-electron chi connectivity index (χ2n) is 7.96. The van der Waals surface area contributed by atoms with Gasteiger partial charge in [-0.1, -0.05) is 59.6 Å². The molecule has 0 unspecified atom stereocenters. The zero-order chi connectivity index (χ0) is 22.7. The van der Waals surface area contributed by atoms with E-state index in [0.717, 1.165) is 18.7 Å². The van der Waals surface area contributed by atoms with Crippen molar-refractivity contribution in [2.45, 2.75) is 18.5 Å². The summed E-state index contributed by atoms with van der Waals surface area (Å²) in [4.78, 5) is 16.8. The second kappa shape index (κ2) is 9.90. The Kier molecular flexibility index (Phi) is 6.99. The average Bonchev–Trinajstić information content (AvgIpc) is 3.21. The number of carbonyl (C=O) groups is 1. The summed E-state index contributed by atoms with van der Waals surface area (Å²) in [7, 11) is 1.73. The highest BCUT2D eigenvalue weighted by Crippen LogP contribution is 2.35. The molecule has 4 nitrogen and oxygen atoms in total. The molecule has 4 rings (SSSR count). The van der Waals surface area contributed by atoms with Crippen LogP contribution in [0.25, 0.3) is 0 Å². The van der Waals surface area contributed by atoms with Gasteiger partial charge in [0.15, 0.2) is 0 Å². The molecule has 2 atom stereocenters. The second-order valence-corrected chi connectivity index (χ2v) is 8.77. The van der Waals surface area contributed by atoms with E-state index in [4.69, 9.17) is 27.9 Å². The van der Waals surface area contributed by atoms with Crippen LogP contribution in [0, 0.1) is 5.82 Å². The summed E-state index contributed by atoms with van der Waals surface area (Å²) in [5, 5.41) is 0.983. The Morgan fingerprint density at radius 3 is 2.44 bits per heavy atom. The minimum absolute atomic E-state index is 0.0271. The Morgan fingerprint density at radius 2 is 1.75 bits per heavy atom. The Morgan fingerprint density at radius 1 is 1.03 bits per heavy atom. The van der Waals surface area contributed by atoms with Crippen LogP contribution in [0.3, 0.4) is 0 Å². The van der Waals surface area contributed by atoms with Crippen LogP contribution in [0.4, 0.5) is 9.18 Å². The minimum Gasteiger partial charge on any atom is -0.410 e. The highest BCUT2D eigenvalue weighted by atomic mass is 35.5. The number of likely N-dealkylation sites (tertiary alicyclic amines) is 1. The van der Waals surface area contributed by atoms with Gasteiger partial charge in [-0.15, -0.1) is 0 Å². The van der Waals surface area contributed by atoms with E-state index in [9.17, 15) is 9.18 Å². The number of rotatable bonds is 5. The van der Waals surface area contributed by atoms with Crippen LogP contribution in [-0.4, -0.2) is 42.1 Å². The van der Waals surface area contributed by atoms with Crippen LogP contribution < -0.4 is 4.74 Å². The maximum Gasteiger partial charge on any atom is 0.415 e. The number of ether oxygens (including phenoxy) is 1. The fourth-order valence-electron chi connectivity index (χ4n) is 4.11. The molecule has 1 aliphatic rings. The first-order valence-electron chi connectivity index (χ1n) is 10.3. The lowest BCUT2D eigenvalue weighted by molar-refractivity contribution is 0.142. The van der Waals surface area contributed by atoms with Crippen LogP contribution in [0.2, 0.25) is 10.0 Å². The van der Waals surface area contributed by atoms with Gasteiger partial charge in [-0.3, -0.25) is 4.90 Å². The number of nitrogens with zero attached hydrogens (tertiary/aromatic N) is 2. The van der Waals surface area contributed by atoms with Crippen molar-refractivity contribution in [3.05, 3.63) is 99.8 Å². The van der Waals surface area contributed by atoms with E-state index in [1.54, 1.807) is 18.0 Å². The van der Waals surface area contributed by atoms with Gasteiger partial charge in [0.25, 0.3) is 0 Å². The van der Waals surface area contributed by atoms with Crippen molar-refractivity contribution in [1.29, 1.82) is 0 Å². The molecule has 3 aromatic carbocycles. The molecule has 7 heteroatoms. The Labute approximate surface area is 197 Å². The first-order chi connectivity index (χ1) is 15.4. The van der Waals surface area contributed by atoms with Crippen molar-refractivity contribution in [3.63, 3.8) is 0 Å². The molecule has 1 fully saturated rings. The van der Waals surface area contributed by atoms with E-state index in [1.807, 2.05) is 30.3 Å². The van der Waals surface area contributed by atoms with Crippen molar-refractivity contribution in [2.75, 3.05) is 20.1 Å². The minimum atomic E-state index is -0.492. The average molecular weight is 473 g/mol. The molecule has 1 saturated heterocycles. The molecule has 32 heavy (non-hydrogen) atoms. The molecule has 0 saturated carbocycles. The van der Waals surface area contributed by atoms with Crippen LogP contribution in [-0.2, 0) is 6.54 Å². The number of halogens is 3. The smallest absolute Gasteiger partial charge is 0.410 e. The third kappa shape index (κ3) is 5.23. The number of benzene rings is 3. The third-order valence-corrected chi connectivity index (χ3v) is 6.53. The maximum absolute atomic E-state index is 13.2. The first kappa shape index (κ1) is 22.6. The van der Waals surface area contributed by atoms with Gasteiger partial charge < -0.3 is 9.64 Å². The summed E-state index contributed by atoms with van der Waals surface area (Å²) in [5.74, 6) is -0.0575. The van der Waals surface area contributed by atoms with Crippen molar-refractivity contribution < 1.29 is 13.9 Å². The highest BCUT2D eigenvalue weighted by molar-refractivity contribution is 6.42. The zero-order valence-corrected chi connectivity index (χ0v) is 19.1. The Balaban J connectivity index is 1.55. The maximum atomic E-state index is 13.2. The first-order valence-corrected chi connectivity index (χ1v) is 11.1. The van der Waals surface area contributed by atoms with Crippen molar-refractivity contribution in [1.82, 2.24) is 9.80 Å². The van der Waals surface area contributed by atoms with Gasteiger partial charge in [-0.25, -0.2) is 9.18 Å². The van der Waals surface area contributed by atoms with Gasteiger partial charge in [0.1, 0.15) is 11.6 Å². The largest absolute Gasteiger partial charge is 0.415 e. The fraction of sp³-hybridized carbons (Fsp3) is 0.240. The number of hydrogen-bond acceptors (Lipinski definition) is 3. The molecule has 166 valence electrons. The topological polar surface area (TPSA) is 32.8 Å². The van der Waals surface area contributed by atoms with Gasteiger partial charge >= 0.3 is 6.09 Å². The molecule has 0 aliphatic carbocycles. The fourth-order valence-corrected chi connectivity index (χ4v) is 4.42. The van der Waals surface area contributed by atoms with E-state index in [0.29, 0.717) is 22.3 Å². The summed E-state index contributed by atoms with van der Waals surface area (Å²) in [6.07, 6.45) is -0.492. The van der Waals surface area contributed by atoms with Crippen molar-refractivity contribution >= 4 is 29.3 Å². The van der Waals surface area contributed by atoms with Gasteiger partial charge in [0.2, 0.25) is 0 Å². The number of hydrogen-bond donors (Lipinski definition) is 0. The molecule has 3 aromatic rings. The monoisotopic (exact) mass is 472 g/mol. The lowest BCUT2D eigenvalue weighted by Crippen LogP contribution is -2.43. The SMILES string of the molecule is CN(C(=O)Oc1ccc(F)cc1)[C@@H]1CN(Cc2ccccc2)C[C@H]1c1ccc(Cl)c(Cl)c1. The predicted molar refractivity (Wildman–Crippen MR) is 125 cm³/mol. The zero-order valence-electron chi connectivity index (χ0n) is 17.5. The van der Waals surface area contributed by atoms with Crippen LogP contribution in [0.5, 0.6) is 5.75 Å². The third-order valence-electron chi connectivity index (χ3n) is 5.79. The molecule has 0 aromatic heterocycles. The van der Waals surface area contributed by atoms with Gasteiger partial charge in [-0.2, -0.15) is 0 Å². The molecule has 1 heterocycles. The lowest BCUT2D eigenvalue weighted by atomic mass is 9.93. The Hall–Kier alpha value is -2.60. The normalized spacial score (nSPS) is 18.5. The molecule has 0 N–H and O–H groups in total.